The molecule has 1 fully saturated rings. The van der Waals surface area contributed by atoms with Crippen LogP contribution in [0, 0.1) is 5.92 Å². The van der Waals surface area contributed by atoms with Crippen LogP contribution in [-0.4, -0.2) is 42.9 Å². The lowest BCUT2D eigenvalue weighted by molar-refractivity contribution is -0.133. The molecule has 0 aromatic carbocycles. The number of likely N-dealkylation sites (tertiary alicyclic amines) is 1. The van der Waals surface area contributed by atoms with Gasteiger partial charge < -0.3 is 16.0 Å². The van der Waals surface area contributed by atoms with E-state index in [0.717, 1.165) is 45.2 Å². The number of nitrogens with two attached hydrogens (primary N) is 1. The zero-order valence-corrected chi connectivity index (χ0v) is 12.7. The molecule has 0 saturated carbocycles. The standard InChI is InChI=1S/C15H29N3O2/c1-2-13(8-9-16)6-7-14(19)17-12-15(20)18-10-4-3-5-11-18/h13H,2-12,16H2,1H3,(H,17,19). The number of carbonyl (C=O) groups excluding carboxylic acids is 2. The maximum atomic E-state index is 11.9. The van der Waals surface area contributed by atoms with Crippen molar-refractivity contribution in [1.29, 1.82) is 0 Å². The molecule has 1 atom stereocenters. The van der Waals surface area contributed by atoms with Crippen LogP contribution in [-0.2, 0) is 9.59 Å². The lowest BCUT2D eigenvalue weighted by Gasteiger charge is -2.26. The maximum Gasteiger partial charge on any atom is 0.241 e. The summed E-state index contributed by atoms with van der Waals surface area (Å²) in [5, 5.41) is 2.74. The molecule has 5 nitrogen and oxygen atoms in total. The minimum atomic E-state index is -0.0224. The van der Waals surface area contributed by atoms with E-state index >= 15 is 0 Å². The molecular weight excluding hydrogens is 254 g/mol. The molecule has 0 bridgehead atoms. The van der Waals surface area contributed by atoms with E-state index in [0.29, 0.717) is 18.9 Å². The summed E-state index contributed by atoms with van der Waals surface area (Å²) in [6, 6.07) is 0. The number of nitrogens with zero attached hydrogens (tertiary/aromatic N) is 1. The highest BCUT2D eigenvalue weighted by Gasteiger charge is 2.17. The van der Waals surface area contributed by atoms with Gasteiger partial charge in [-0.15, -0.1) is 0 Å². The Bertz CT molecular complexity index is 301. The third kappa shape index (κ3) is 6.37. The second-order valence-electron chi connectivity index (χ2n) is 5.61. The minimum absolute atomic E-state index is 0.0224. The number of hydrogen-bond donors (Lipinski definition) is 2. The first-order valence-electron chi connectivity index (χ1n) is 7.92. The Kier molecular flexibility index (Phi) is 8.26. The van der Waals surface area contributed by atoms with E-state index in [9.17, 15) is 9.59 Å². The number of amides is 2. The van der Waals surface area contributed by atoms with E-state index in [1.165, 1.54) is 6.42 Å². The first kappa shape index (κ1) is 17.0. The Morgan fingerprint density at radius 3 is 2.50 bits per heavy atom. The van der Waals surface area contributed by atoms with E-state index < -0.39 is 0 Å². The fraction of sp³-hybridized carbons (Fsp3) is 0.867. The molecule has 0 radical (unpaired) electrons. The Morgan fingerprint density at radius 2 is 1.90 bits per heavy atom. The summed E-state index contributed by atoms with van der Waals surface area (Å²) in [6.07, 6.45) is 6.74. The summed E-state index contributed by atoms with van der Waals surface area (Å²) >= 11 is 0. The van der Waals surface area contributed by atoms with Crippen LogP contribution in [0.1, 0.15) is 51.9 Å². The van der Waals surface area contributed by atoms with Crippen LogP contribution >= 0.6 is 0 Å². The number of nitrogens with one attached hydrogen (secondary N) is 1. The van der Waals surface area contributed by atoms with Crippen LogP contribution < -0.4 is 11.1 Å². The van der Waals surface area contributed by atoms with E-state index in [2.05, 4.69) is 12.2 Å². The smallest absolute Gasteiger partial charge is 0.241 e. The number of hydrogen-bond acceptors (Lipinski definition) is 3. The average Bonchev–Trinajstić information content (AvgIpc) is 2.49. The Hall–Kier alpha value is -1.10. The number of piperidine rings is 1. The van der Waals surface area contributed by atoms with Crippen molar-refractivity contribution < 1.29 is 9.59 Å². The lowest BCUT2D eigenvalue weighted by Crippen LogP contribution is -2.42. The van der Waals surface area contributed by atoms with Gasteiger partial charge in [0.05, 0.1) is 6.54 Å². The molecule has 1 aliphatic heterocycles. The van der Waals surface area contributed by atoms with Gasteiger partial charge >= 0.3 is 0 Å². The van der Waals surface area contributed by atoms with Crippen molar-refractivity contribution in [2.45, 2.75) is 51.9 Å². The Balaban J connectivity index is 2.16. The zero-order chi connectivity index (χ0) is 14.8. The van der Waals surface area contributed by atoms with Crippen LogP contribution in [0.15, 0.2) is 0 Å². The van der Waals surface area contributed by atoms with Crippen molar-refractivity contribution >= 4 is 11.8 Å². The van der Waals surface area contributed by atoms with Gasteiger partial charge in [0.2, 0.25) is 11.8 Å². The van der Waals surface area contributed by atoms with Crippen molar-refractivity contribution in [3.8, 4) is 0 Å². The summed E-state index contributed by atoms with van der Waals surface area (Å²) in [5.41, 5.74) is 5.54. The molecule has 2 amide bonds. The third-order valence-electron chi connectivity index (χ3n) is 4.08. The molecule has 1 unspecified atom stereocenters. The van der Waals surface area contributed by atoms with Gasteiger partial charge in [0, 0.05) is 19.5 Å². The van der Waals surface area contributed by atoms with Crippen LogP contribution in [0.2, 0.25) is 0 Å². The molecule has 0 aromatic rings. The quantitative estimate of drug-likeness (QED) is 0.704. The van der Waals surface area contributed by atoms with Crippen molar-refractivity contribution in [2.75, 3.05) is 26.2 Å². The zero-order valence-electron chi connectivity index (χ0n) is 12.7. The predicted octanol–water partition coefficient (Wildman–Crippen LogP) is 1.27. The van der Waals surface area contributed by atoms with Gasteiger partial charge in [0.25, 0.3) is 0 Å². The third-order valence-corrected chi connectivity index (χ3v) is 4.08. The van der Waals surface area contributed by atoms with Crippen molar-refractivity contribution in [3.05, 3.63) is 0 Å². The normalized spacial score (nSPS) is 16.8. The maximum absolute atomic E-state index is 11.9. The van der Waals surface area contributed by atoms with Crippen molar-refractivity contribution in [1.82, 2.24) is 10.2 Å². The summed E-state index contributed by atoms with van der Waals surface area (Å²) in [6.45, 7) is 4.62. The summed E-state index contributed by atoms with van der Waals surface area (Å²) < 4.78 is 0. The van der Waals surface area contributed by atoms with Gasteiger partial charge in [-0.1, -0.05) is 13.3 Å². The van der Waals surface area contributed by atoms with E-state index in [1.54, 1.807) is 0 Å². The molecule has 5 heteroatoms. The van der Waals surface area contributed by atoms with Crippen molar-refractivity contribution in [2.24, 2.45) is 11.7 Å². The predicted molar refractivity (Wildman–Crippen MR) is 80.1 cm³/mol. The van der Waals surface area contributed by atoms with Gasteiger partial charge in [-0.05, 0) is 44.6 Å². The van der Waals surface area contributed by atoms with Crippen LogP contribution in [0.5, 0.6) is 0 Å². The molecular formula is C15H29N3O2. The van der Waals surface area contributed by atoms with Gasteiger partial charge in [0.1, 0.15) is 0 Å². The molecule has 1 saturated heterocycles. The summed E-state index contributed by atoms with van der Waals surface area (Å²) in [7, 11) is 0. The molecule has 0 aliphatic carbocycles. The van der Waals surface area contributed by atoms with E-state index in [1.807, 2.05) is 4.90 Å². The highest BCUT2D eigenvalue weighted by atomic mass is 16.2. The summed E-state index contributed by atoms with van der Waals surface area (Å²) in [5.74, 6) is 0.543. The van der Waals surface area contributed by atoms with Crippen LogP contribution in [0.25, 0.3) is 0 Å². The number of rotatable bonds is 8. The highest BCUT2D eigenvalue weighted by Crippen LogP contribution is 2.14. The molecule has 3 N–H and O–H groups in total. The molecule has 1 aliphatic rings. The molecule has 0 aromatic heterocycles. The largest absolute Gasteiger partial charge is 0.347 e. The van der Waals surface area contributed by atoms with Gasteiger partial charge in [-0.25, -0.2) is 0 Å². The van der Waals surface area contributed by atoms with Crippen LogP contribution in [0.3, 0.4) is 0 Å². The monoisotopic (exact) mass is 283 g/mol. The second-order valence-corrected chi connectivity index (χ2v) is 5.61. The number of carbonyl (C=O) groups is 2. The Labute approximate surface area is 122 Å². The molecule has 116 valence electrons. The van der Waals surface area contributed by atoms with Crippen molar-refractivity contribution in [3.63, 3.8) is 0 Å². The first-order chi connectivity index (χ1) is 9.67. The average molecular weight is 283 g/mol. The Morgan fingerprint density at radius 1 is 1.20 bits per heavy atom. The van der Waals surface area contributed by atoms with E-state index in [-0.39, 0.29) is 18.4 Å². The van der Waals surface area contributed by atoms with Gasteiger partial charge in [0.15, 0.2) is 0 Å². The second kappa shape index (κ2) is 9.75. The fourth-order valence-corrected chi connectivity index (χ4v) is 2.64. The highest BCUT2D eigenvalue weighted by molar-refractivity contribution is 5.84. The first-order valence-corrected chi connectivity index (χ1v) is 7.92. The topological polar surface area (TPSA) is 75.4 Å². The molecule has 20 heavy (non-hydrogen) atoms. The molecule has 1 heterocycles. The SMILES string of the molecule is CCC(CCN)CCC(=O)NCC(=O)N1CCCCC1. The van der Waals surface area contributed by atoms with Gasteiger partial charge in [-0.2, -0.15) is 0 Å². The van der Waals surface area contributed by atoms with Crippen LogP contribution in [0.4, 0.5) is 0 Å². The summed E-state index contributed by atoms with van der Waals surface area (Å²) in [4.78, 5) is 25.5. The van der Waals surface area contributed by atoms with Gasteiger partial charge in [-0.3, -0.25) is 9.59 Å². The minimum Gasteiger partial charge on any atom is -0.347 e. The molecule has 0 spiro atoms. The molecule has 1 rings (SSSR count). The lowest BCUT2D eigenvalue weighted by atomic mass is 9.96. The fourth-order valence-electron chi connectivity index (χ4n) is 2.64. The van der Waals surface area contributed by atoms with E-state index in [4.69, 9.17) is 5.73 Å².